The zero-order valence-electron chi connectivity index (χ0n) is 15.7. The second-order valence-corrected chi connectivity index (χ2v) is 6.65. The van der Waals surface area contributed by atoms with E-state index in [0.29, 0.717) is 0 Å². The lowest BCUT2D eigenvalue weighted by molar-refractivity contribution is 0.545. The molecular formula is C23H21N3O. The molecule has 4 aromatic rings. The molecule has 4 nitrogen and oxygen atoms in total. The van der Waals surface area contributed by atoms with Crippen LogP contribution in [0.4, 0.5) is 5.69 Å². The molecule has 2 aromatic carbocycles. The molecule has 4 heteroatoms. The Bertz CT molecular complexity index is 1100. The molecule has 2 heterocycles. The molecule has 0 bridgehead atoms. The largest absolute Gasteiger partial charge is 0.460 e. The van der Waals surface area contributed by atoms with Gasteiger partial charge in [-0.1, -0.05) is 24.3 Å². The van der Waals surface area contributed by atoms with Gasteiger partial charge in [0.05, 0.1) is 11.4 Å². The number of hydrogen-bond donors (Lipinski definition) is 0. The van der Waals surface area contributed by atoms with Crippen molar-refractivity contribution in [1.82, 2.24) is 9.78 Å². The molecule has 0 saturated heterocycles. The van der Waals surface area contributed by atoms with Gasteiger partial charge in [-0.3, -0.25) is 4.99 Å². The first-order valence-corrected chi connectivity index (χ1v) is 8.93. The van der Waals surface area contributed by atoms with E-state index < -0.39 is 0 Å². The Morgan fingerprint density at radius 3 is 2.44 bits per heavy atom. The van der Waals surface area contributed by atoms with E-state index in [-0.39, 0.29) is 0 Å². The predicted octanol–water partition coefficient (Wildman–Crippen LogP) is 5.81. The summed E-state index contributed by atoms with van der Waals surface area (Å²) >= 11 is 0. The molecule has 0 saturated carbocycles. The van der Waals surface area contributed by atoms with Gasteiger partial charge in [-0.25, -0.2) is 4.68 Å². The summed E-state index contributed by atoms with van der Waals surface area (Å²) in [7, 11) is 0. The van der Waals surface area contributed by atoms with Crippen LogP contribution < -0.4 is 0 Å². The van der Waals surface area contributed by atoms with Crippen molar-refractivity contribution in [3.8, 4) is 17.1 Å². The van der Waals surface area contributed by atoms with Gasteiger partial charge in [0, 0.05) is 18.0 Å². The fourth-order valence-corrected chi connectivity index (χ4v) is 2.90. The highest BCUT2D eigenvalue weighted by Gasteiger charge is 2.14. The average Bonchev–Trinajstić information content (AvgIpc) is 3.29. The SMILES string of the molecule is Cc1ccc(-c2nn(-c3ccccc3)cc2C=Nc2ccc(C)c(C)c2)o1. The quantitative estimate of drug-likeness (QED) is 0.434. The average molecular weight is 355 g/mol. The summed E-state index contributed by atoms with van der Waals surface area (Å²) in [5.41, 5.74) is 6.09. The van der Waals surface area contributed by atoms with Gasteiger partial charge in [0.2, 0.25) is 0 Å². The third kappa shape index (κ3) is 3.60. The van der Waals surface area contributed by atoms with Crippen molar-refractivity contribution < 1.29 is 4.42 Å². The first-order chi connectivity index (χ1) is 13.1. The highest BCUT2D eigenvalue weighted by molar-refractivity contribution is 5.89. The van der Waals surface area contributed by atoms with E-state index in [4.69, 9.17) is 9.52 Å². The maximum absolute atomic E-state index is 5.81. The van der Waals surface area contributed by atoms with Crippen molar-refractivity contribution in [2.75, 3.05) is 0 Å². The molecule has 4 rings (SSSR count). The van der Waals surface area contributed by atoms with Crippen LogP contribution in [0.3, 0.4) is 0 Å². The Hall–Kier alpha value is -3.40. The van der Waals surface area contributed by atoms with Crippen LogP contribution in [0.2, 0.25) is 0 Å². The Morgan fingerprint density at radius 1 is 0.926 bits per heavy atom. The standard InChI is InChI=1S/C23H21N3O/c1-16-9-11-20(13-17(16)2)24-14-19-15-26(21-7-5-4-6-8-21)25-23(19)22-12-10-18(3)27-22/h4-15H,1-3H3. The molecule has 0 aliphatic carbocycles. The Morgan fingerprint density at radius 2 is 1.74 bits per heavy atom. The van der Waals surface area contributed by atoms with Crippen LogP contribution in [0.15, 0.2) is 76.3 Å². The predicted molar refractivity (Wildman–Crippen MR) is 109 cm³/mol. The van der Waals surface area contributed by atoms with Crippen LogP contribution in [0, 0.1) is 20.8 Å². The van der Waals surface area contributed by atoms with Crippen molar-refractivity contribution in [3.63, 3.8) is 0 Å². The van der Waals surface area contributed by atoms with Crippen molar-refractivity contribution >= 4 is 11.9 Å². The van der Waals surface area contributed by atoms with Crippen LogP contribution in [0.5, 0.6) is 0 Å². The van der Waals surface area contributed by atoms with E-state index in [0.717, 1.165) is 34.2 Å². The zero-order valence-corrected chi connectivity index (χ0v) is 15.7. The van der Waals surface area contributed by atoms with Crippen LogP contribution >= 0.6 is 0 Å². The van der Waals surface area contributed by atoms with E-state index in [2.05, 4.69) is 31.0 Å². The smallest absolute Gasteiger partial charge is 0.155 e. The van der Waals surface area contributed by atoms with E-state index >= 15 is 0 Å². The molecule has 0 aliphatic heterocycles. The summed E-state index contributed by atoms with van der Waals surface area (Å²) in [6.07, 6.45) is 3.83. The summed E-state index contributed by atoms with van der Waals surface area (Å²) in [6.45, 7) is 6.13. The third-order valence-corrected chi connectivity index (χ3v) is 4.58. The summed E-state index contributed by atoms with van der Waals surface area (Å²) in [5, 5.41) is 4.74. The van der Waals surface area contributed by atoms with E-state index in [1.807, 2.05) is 72.5 Å². The number of nitrogens with zero attached hydrogens (tertiary/aromatic N) is 3. The number of furan rings is 1. The maximum Gasteiger partial charge on any atom is 0.155 e. The molecule has 0 unspecified atom stereocenters. The van der Waals surface area contributed by atoms with Gasteiger partial charge in [-0.15, -0.1) is 0 Å². The fraction of sp³-hybridized carbons (Fsp3) is 0.130. The third-order valence-electron chi connectivity index (χ3n) is 4.58. The lowest BCUT2D eigenvalue weighted by atomic mass is 10.1. The van der Waals surface area contributed by atoms with Crippen LogP contribution in [0.1, 0.15) is 22.5 Å². The van der Waals surface area contributed by atoms with Crippen molar-refractivity contribution in [2.45, 2.75) is 20.8 Å². The number of aliphatic imine (C=N–C) groups is 1. The minimum atomic E-state index is 0.740. The molecule has 0 spiro atoms. The lowest BCUT2D eigenvalue weighted by Crippen LogP contribution is -1.93. The molecule has 0 N–H and O–H groups in total. The van der Waals surface area contributed by atoms with Crippen molar-refractivity contribution in [1.29, 1.82) is 0 Å². The highest BCUT2D eigenvalue weighted by atomic mass is 16.3. The molecule has 2 aromatic heterocycles. The molecule has 0 aliphatic rings. The van der Waals surface area contributed by atoms with Crippen molar-refractivity contribution in [2.24, 2.45) is 4.99 Å². The van der Waals surface area contributed by atoms with Gasteiger partial charge in [0.1, 0.15) is 11.5 Å². The normalized spacial score (nSPS) is 11.4. The number of aromatic nitrogens is 2. The first kappa shape index (κ1) is 17.0. The monoisotopic (exact) mass is 355 g/mol. The number of benzene rings is 2. The number of aryl methyl sites for hydroxylation is 3. The van der Waals surface area contributed by atoms with Gasteiger partial charge in [0.15, 0.2) is 5.76 Å². The number of para-hydroxylation sites is 1. The molecule has 134 valence electrons. The molecular weight excluding hydrogens is 334 g/mol. The van der Waals surface area contributed by atoms with Gasteiger partial charge < -0.3 is 4.42 Å². The Labute approximate surface area is 158 Å². The van der Waals surface area contributed by atoms with E-state index in [9.17, 15) is 0 Å². The minimum Gasteiger partial charge on any atom is -0.460 e. The zero-order chi connectivity index (χ0) is 18.8. The second-order valence-electron chi connectivity index (χ2n) is 6.65. The molecule has 27 heavy (non-hydrogen) atoms. The van der Waals surface area contributed by atoms with Gasteiger partial charge in [-0.05, 0) is 68.3 Å². The number of rotatable bonds is 4. The molecule has 0 radical (unpaired) electrons. The van der Waals surface area contributed by atoms with Crippen LogP contribution in [-0.2, 0) is 0 Å². The Balaban J connectivity index is 1.76. The Kier molecular flexibility index (Phi) is 4.47. The summed E-state index contributed by atoms with van der Waals surface area (Å²) in [6, 6.07) is 20.1. The van der Waals surface area contributed by atoms with Crippen LogP contribution in [-0.4, -0.2) is 16.0 Å². The maximum atomic E-state index is 5.81. The van der Waals surface area contributed by atoms with Crippen LogP contribution in [0.25, 0.3) is 17.1 Å². The van der Waals surface area contributed by atoms with E-state index in [1.165, 1.54) is 11.1 Å². The van der Waals surface area contributed by atoms with Gasteiger partial charge >= 0.3 is 0 Å². The first-order valence-electron chi connectivity index (χ1n) is 8.93. The highest BCUT2D eigenvalue weighted by Crippen LogP contribution is 2.25. The second kappa shape index (κ2) is 7.08. The van der Waals surface area contributed by atoms with Gasteiger partial charge in [0.25, 0.3) is 0 Å². The lowest BCUT2D eigenvalue weighted by Gasteiger charge is -2.00. The topological polar surface area (TPSA) is 43.3 Å². The number of hydrogen-bond acceptors (Lipinski definition) is 3. The van der Waals surface area contributed by atoms with E-state index in [1.54, 1.807) is 0 Å². The molecule has 0 atom stereocenters. The molecule has 0 fully saturated rings. The molecule has 0 amide bonds. The minimum absolute atomic E-state index is 0.740. The van der Waals surface area contributed by atoms with Gasteiger partial charge in [-0.2, -0.15) is 5.10 Å². The summed E-state index contributed by atoms with van der Waals surface area (Å²) < 4.78 is 7.66. The summed E-state index contributed by atoms with van der Waals surface area (Å²) in [4.78, 5) is 4.66. The van der Waals surface area contributed by atoms with Crippen molar-refractivity contribution in [3.05, 3.63) is 89.3 Å². The summed E-state index contributed by atoms with van der Waals surface area (Å²) in [5.74, 6) is 1.60. The fourth-order valence-electron chi connectivity index (χ4n) is 2.90.